The first-order chi connectivity index (χ1) is 16.2. The fraction of sp³-hybridized carbons (Fsp3) is 0.0741. The Balaban J connectivity index is 1.54. The van der Waals surface area contributed by atoms with Crippen molar-refractivity contribution in [3.05, 3.63) is 78.9 Å². The minimum absolute atomic E-state index is 0.0942. The molecule has 6 rings (SSSR count). The molecule has 0 amide bonds. The monoisotopic (exact) mass is 433 g/mol. The lowest BCUT2D eigenvalue weighted by molar-refractivity contribution is 0.312. The predicted molar refractivity (Wildman–Crippen MR) is 128 cm³/mol. The van der Waals surface area contributed by atoms with Crippen molar-refractivity contribution in [1.29, 1.82) is 0 Å². The van der Waals surface area contributed by atoms with Gasteiger partial charge < -0.3 is 14.3 Å². The summed E-state index contributed by atoms with van der Waals surface area (Å²) in [5, 5.41) is 14.7. The van der Waals surface area contributed by atoms with Gasteiger partial charge >= 0.3 is 6.01 Å². The number of aromatic nitrogens is 3. The maximum Gasteiger partial charge on any atom is 0.320 e. The van der Waals surface area contributed by atoms with Crippen molar-refractivity contribution >= 4 is 32.7 Å². The average molecular weight is 433 g/mol. The Morgan fingerprint density at radius 3 is 2.48 bits per heavy atom. The van der Waals surface area contributed by atoms with Crippen LogP contribution in [0.3, 0.4) is 0 Å². The van der Waals surface area contributed by atoms with E-state index < -0.39 is 0 Å². The highest BCUT2D eigenvalue weighted by atomic mass is 16.5. The van der Waals surface area contributed by atoms with Gasteiger partial charge in [-0.15, -0.1) is 0 Å². The molecular weight excluding hydrogens is 414 g/mol. The molecule has 0 aliphatic carbocycles. The molecule has 0 atom stereocenters. The number of nitrogens with zero attached hydrogens (tertiary/aromatic N) is 3. The first-order valence-electron chi connectivity index (χ1n) is 10.7. The second-order valence-corrected chi connectivity index (χ2v) is 7.69. The maximum atomic E-state index is 10.3. The molecule has 0 spiro atoms. The highest BCUT2D eigenvalue weighted by molar-refractivity contribution is 6.19. The SMILES string of the molecule is CCOc1nc(-c2ccc3c(c2)oc2ccc4ccccc4c23)nc(-c2ccccc2O)n1. The molecule has 0 saturated heterocycles. The summed E-state index contributed by atoms with van der Waals surface area (Å²) in [6.45, 7) is 2.28. The average Bonchev–Trinajstić information content (AvgIpc) is 3.23. The summed E-state index contributed by atoms with van der Waals surface area (Å²) in [7, 11) is 0. The minimum atomic E-state index is 0.0942. The topological polar surface area (TPSA) is 81.3 Å². The van der Waals surface area contributed by atoms with Gasteiger partial charge in [0.05, 0.1) is 12.2 Å². The Kier molecular flexibility index (Phi) is 4.43. The van der Waals surface area contributed by atoms with Crippen molar-refractivity contribution in [2.45, 2.75) is 6.92 Å². The van der Waals surface area contributed by atoms with Crippen LogP contribution < -0.4 is 4.74 Å². The van der Waals surface area contributed by atoms with Gasteiger partial charge in [0.1, 0.15) is 16.9 Å². The molecule has 0 aliphatic heterocycles. The zero-order chi connectivity index (χ0) is 22.4. The Hall–Kier alpha value is -4.45. The van der Waals surface area contributed by atoms with Crippen LogP contribution in [0.25, 0.3) is 55.5 Å². The summed E-state index contributed by atoms with van der Waals surface area (Å²) >= 11 is 0. The molecule has 6 nitrogen and oxygen atoms in total. The minimum Gasteiger partial charge on any atom is -0.507 e. The number of furan rings is 1. The van der Waals surface area contributed by atoms with E-state index in [1.807, 2.05) is 49.4 Å². The van der Waals surface area contributed by atoms with E-state index in [0.717, 1.165) is 32.9 Å². The number of phenols is 1. The highest BCUT2D eigenvalue weighted by Crippen LogP contribution is 2.36. The summed E-state index contributed by atoms with van der Waals surface area (Å²) in [6.07, 6.45) is 0. The van der Waals surface area contributed by atoms with Crippen molar-refractivity contribution in [3.63, 3.8) is 0 Å². The molecule has 0 aliphatic rings. The molecule has 2 heterocycles. The van der Waals surface area contributed by atoms with Crippen LogP contribution in [0.1, 0.15) is 6.92 Å². The van der Waals surface area contributed by atoms with Crippen LogP contribution in [0, 0.1) is 0 Å². The molecule has 33 heavy (non-hydrogen) atoms. The molecule has 1 N–H and O–H groups in total. The standard InChI is InChI=1S/C27H19N3O3/c1-2-32-27-29-25(28-26(30-27)19-9-5-6-10-21(19)31)17-11-13-20-23(15-17)33-22-14-12-16-7-3-4-8-18(16)24(20)22/h3-15,31H,2H2,1H3. The van der Waals surface area contributed by atoms with Crippen molar-refractivity contribution < 1.29 is 14.3 Å². The molecule has 0 unspecified atom stereocenters. The molecule has 6 aromatic rings. The Bertz CT molecular complexity index is 1660. The number of hydrogen-bond donors (Lipinski definition) is 1. The number of phenolic OH excluding ortho intramolecular Hbond substituents is 1. The largest absolute Gasteiger partial charge is 0.507 e. The van der Waals surface area contributed by atoms with Crippen molar-refractivity contribution in [2.75, 3.05) is 6.61 Å². The smallest absolute Gasteiger partial charge is 0.320 e. The third-order valence-corrected chi connectivity index (χ3v) is 5.65. The van der Waals surface area contributed by atoms with Gasteiger partial charge in [0.25, 0.3) is 0 Å². The maximum absolute atomic E-state index is 10.3. The van der Waals surface area contributed by atoms with E-state index in [9.17, 15) is 5.11 Å². The first-order valence-corrected chi connectivity index (χ1v) is 10.7. The lowest BCUT2D eigenvalue weighted by atomic mass is 10.0. The van der Waals surface area contributed by atoms with E-state index in [0.29, 0.717) is 23.8 Å². The Morgan fingerprint density at radius 2 is 1.61 bits per heavy atom. The van der Waals surface area contributed by atoms with Crippen LogP contribution in [-0.2, 0) is 0 Å². The van der Waals surface area contributed by atoms with Gasteiger partial charge in [-0.25, -0.2) is 4.98 Å². The van der Waals surface area contributed by atoms with E-state index in [2.05, 4.69) is 33.2 Å². The Labute approximate surface area is 189 Å². The van der Waals surface area contributed by atoms with Crippen molar-refractivity contribution in [2.24, 2.45) is 0 Å². The number of benzene rings is 4. The third kappa shape index (κ3) is 3.24. The zero-order valence-corrected chi connectivity index (χ0v) is 17.8. The van der Waals surface area contributed by atoms with Gasteiger partial charge in [0.2, 0.25) is 0 Å². The molecule has 2 aromatic heterocycles. The summed E-state index contributed by atoms with van der Waals surface area (Å²) < 4.78 is 11.8. The molecule has 0 fully saturated rings. The number of ether oxygens (including phenoxy) is 1. The lowest BCUT2D eigenvalue weighted by Crippen LogP contribution is -2.03. The van der Waals surface area contributed by atoms with Crippen LogP contribution in [-0.4, -0.2) is 26.7 Å². The second kappa shape index (κ2) is 7.60. The normalized spacial score (nSPS) is 11.4. The molecule has 0 bridgehead atoms. The number of aromatic hydroxyl groups is 1. The van der Waals surface area contributed by atoms with Crippen molar-refractivity contribution in [1.82, 2.24) is 15.0 Å². The van der Waals surface area contributed by atoms with E-state index in [-0.39, 0.29) is 11.8 Å². The molecule has 160 valence electrons. The van der Waals surface area contributed by atoms with Crippen molar-refractivity contribution in [3.8, 4) is 34.5 Å². The van der Waals surface area contributed by atoms with E-state index in [1.165, 1.54) is 5.39 Å². The zero-order valence-electron chi connectivity index (χ0n) is 17.8. The fourth-order valence-electron chi connectivity index (χ4n) is 4.15. The molecule has 0 radical (unpaired) electrons. The number of fused-ring (bicyclic) bond motifs is 5. The van der Waals surface area contributed by atoms with Crippen LogP contribution in [0.4, 0.5) is 0 Å². The van der Waals surface area contributed by atoms with Crippen LogP contribution in [0.15, 0.2) is 83.3 Å². The lowest BCUT2D eigenvalue weighted by Gasteiger charge is -2.08. The number of rotatable bonds is 4. The van der Waals surface area contributed by atoms with E-state index in [4.69, 9.17) is 9.15 Å². The second-order valence-electron chi connectivity index (χ2n) is 7.69. The summed E-state index contributed by atoms with van der Waals surface area (Å²) in [5.74, 6) is 0.882. The number of hydrogen-bond acceptors (Lipinski definition) is 6. The van der Waals surface area contributed by atoms with E-state index >= 15 is 0 Å². The molecular formula is C27H19N3O3. The van der Waals surface area contributed by atoms with Crippen LogP contribution >= 0.6 is 0 Å². The fourth-order valence-corrected chi connectivity index (χ4v) is 4.15. The number of para-hydroxylation sites is 1. The third-order valence-electron chi connectivity index (χ3n) is 5.65. The summed E-state index contributed by atoms with van der Waals surface area (Å²) in [4.78, 5) is 13.5. The predicted octanol–water partition coefficient (Wildman–Crippen LogP) is 6.36. The molecule has 4 aromatic carbocycles. The van der Waals surface area contributed by atoms with Gasteiger partial charge in [0.15, 0.2) is 11.6 Å². The van der Waals surface area contributed by atoms with Gasteiger partial charge in [-0.3, -0.25) is 0 Å². The first kappa shape index (κ1) is 19.3. The highest BCUT2D eigenvalue weighted by Gasteiger charge is 2.16. The van der Waals surface area contributed by atoms with Crippen LogP contribution in [0.5, 0.6) is 11.8 Å². The van der Waals surface area contributed by atoms with E-state index in [1.54, 1.807) is 18.2 Å². The molecule has 0 saturated carbocycles. The van der Waals surface area contributed by atoms with Gasteiger partial charge in [-0.1, -0.05) is 48.5 Å². The quantitative estimate of drug-likeness (QED) is 0.348. The Morgan fingerprint density at radius 1 is 0.788 bits per heavy atom. The van der Waals surface area contributed by atoms with Gasteiger partial charge in [-0.2, -0.15) is 9.97 Å². The molecule has 6 heteroatoms. The van der Waals surface area contributed by atoms with Gasteiger partial charge in [0, 0.05) is 16.3 Å². The van der Waals surface area contributed by atoms with Crippen LogP contribution in [0.2, 0.25) is 0 Å². The van der Waals surface area contributed by atoms with Gasteiger partial charge in [-0.05, 0) is 48.0 Å². The summed E-state index contributed by atoms with van der Waals surface area (Å²) in [5.41, 5.74) is 2.87. The summed E-state index contributed by atoms with van der Waals surface area (Å²) in [6, 6.07) is 25.4.